The molecule has 9 heteroatoms. The van der Waals surface area contributed by atoms with E-state index in [1.165, 1.54) is 30.1 Å². The van der Waals surface area contributed by atoms with Crippen LogP contribution in [0, 0.1) is 24.1 Å². The number of pyridine rings is 1. The lowest BCUT2D eigenvalue weighted by Gasteiger charge is -2.16. The quantitative estimate of drug-likeness (QED) is 0.586. The van der Waals surface area contributed by atoms with Crippen LogP contribution in [0.3, 0.4) is 0 Å². The van der Waals surface area contributed by atoms with Gasteiger partial charge in [-0.15, -0.1) is 0 Å². The first kappa shape index (κ1) is 21.9. The van der Waals surface area contributed by atoms with Crippen molar-refractivity contribution in [3.8, 4) is 28.9 Å². The molecule has 0 radical (unpaired) electrons. The molecule has 0 fully saturated rings. The number of amides is 1. The molecule has 1 amide bonds. The molecule has 2 heterocycles. The minimum Gasteiger partial charge on any atom is -0.493 e. The highest BCUT2D eigenvalue weighted by atomic mass is 19.1. The highest BCUT2D eigenvalue weighted by molar-refractivity contribution is 5.93. The molecular formula is C22H22FN5O3. The van der Waals surface area contributed by atoms with Crippen LogP contribution in [0.4, 0.5) is 4.39 Å². The molecule has 0 aliphatic rings. The van der Waals surface area contributed by atoms with E-state index < -0.39 is 5.82 Å². The number of carbonyl (C=O) groups excluding carboxylic acids is 1. The Morgan fingerprint density at radius 3 is 2.71 bits per heavy atom. The molecule has 0 saturated carbocycles. The Labute approximate surface area is 179 Å². The maximum absolute atomic E-state index is 14.3. The zero-order valence-electron chi connectivity index (χ0n) is 17.5. The minimum absolute atomic E-state index is 0.0674. The number of nitriles is 1. The van der Waals surface area contributed by atoms with E-state index in [2.05, 4.69) is 10.1 Å². The van der Waals surface area contributed by atoms with Gasteiger partial charge in [-0.2, -0.15) is 15.0 Å². The van der Waals surface area contributed by atoms with E-state index in [-0.39, 0.29) is 22.9 Å². The lowest BCUT2D eigenvalue weighted by Crippen LogP contribution is -2.28. The Morgan fingerprint density at radius 2 is 2.06 bits per heavy atom. The van der Waals surface area contributed by atoms with E-state index in [0.717, 1.165) is 6.42 Å². The van der Waals surface area contributed by atoms with E-state index in [4.69, 9.17) is 10.00 Å². The summed E-state index contributed by atoms with van der Waals surface area (Å²) in [5, 5.41) is 23.8. The fourth-order valence-corrected chi connectivity index (χ4v) is 3.17. The van der Waals surface area contributed by atoms with Crippen molar-refractivity contribution < 1.29 is 19.0 Å². The van der Waals surface area contributed by atoms with Gasteiger partial charge >= 0.3 is 0 Å². The van der Waals surface area contributed by atoms with Gasteiger partial charge in [-0.25, -0.2) is 9.37 Å². The lowest BCUT2D eigenvalue weighted by molar-refractivity contribution is 0.0779. The molecular weight excluding hydrogens is 401 g/mol. The van der Waals surface area contributed by atoms with Crippen molar-refractivity contribution in [1.82, 2.24) is 19.7 Å². The van der Waals surface area contributed by atoms with Gasteiger partial charge in [-0.1, -0.05) is 6.07 Å². The summed E-state index contributed by atoms with van der Waals surface area (Å²) >= 11 is 0. The molecule has 0 aliphatic heterocycles. The number of carbonyl (C=O) groups is 1. The average Bonchev–Trinajstić information content (AvgIpc) is 3.16. The zero-order valence-corrected chi connectivity index (χ0v) is 17.5. The van der Waals surface area contributed by atoms with Crippen LogP contribution in [0.1, 0.15) is 27.9 Å². The maximum atomic E-state index is 14.3. The molecule has 2 aromatic heterocycles. The third-order valence-corrected chi connectivity index (χ3v) is 4.94. The summed E-state index contributed by atoms with van der Waals surface area (Å²) < 4.78 is 20.5. The molecule has 3 aromatic rings. The number of benzene rings is 1. The SMILES string of the molecule is COCCCN(C)C(=O)c1ccc(-n2ncc(-c3ccc(C#N)c(F)c3C)c2O)nc1. The first-order chi connectivity index (χ1) is 14.9. The Hall–Kier alpha value is -3.77. The van der Waals surface area contributed by atoms with Crippen LogP contribution in [0.25, 0.3) is 16.9 Å². The number of aromatic nitrogens is 3. The second kappa shape index (κ2) is 9.36. The molecule has 1 aromatic carbocycles. The number of hydrogen-bond donors (Lipinski definition) is 1. The minimum atomic E-state index is -0.636. The van der Waals surface area contributed by atoms with Gasteiger partial charge in [-0.3, -0.25) is 4.79 Å². The maximum Gasteiger partial charge on any atom is 0.255 e. The molecule has 0 bridgehead atoms. The predicted molar refractivity (Wildman–Crippen MR) is 111 cm³/mol. The summed E-state index contributed by atoms with van der Waals surface area (Å²) in [6, 6.07) is 7.88. The van der Waals surface area contributed by atoms with Gasteiger partial charge in [-0.05, 0) is 42.7 Å². The predicted octanol–water partition coefficient (Wildman–Crippen LogP) is 3.07. The highest BCUT2D eigenvalue weighted by Crippen LogP contribution is 2.34. The van der Waals surface area contributed by atoms with Crippen molar-refractivity contribution in [3.05, 3.63) is 59.2 Å². The van der Waals surface area contributed by atoms with Crippen LogP contribution in [-0.4, -0.2) is 58.0 Å². The van der Waals surface area contributed by atoms with E-state index >= 15 is 0 Å². The van der Waals surface area contributed by atoms with Crippen LogP contribution < -0.4 is 0 Å². The third-order valence-electron chi connectivity index (χ3n) is 4.94. The Kier molecular flexibility index (Phi) is 6.62. The zero-order chi connectivity index (χ0) is 22.5. The summed E-state index contributed by atoms with van der Waals surface area (Å²) in [4.78, 5) is 18.3. The number of halogens is 1. The normalized spacial score (nSPS) is 10.7. The molecule has 0 atom stereocenters. The fourth-order valence-electron chi connectivity index (χ4n) is 3.17. The second-order valence-electron chi connectivity index (χ2n) is 6.98. The highest BCUT2D eigenvalue weighted by Gasteiger charge is 2.19. The Balaban J connectivity index is 1.84. The van der Waals surface area contributed by atoms with Crippen LogP contribution in [0.15, 0.2) is 36.7 Å². The number of methoxy groups -OCH3 is 1. The van der Waals surface area contributed by atoms with Gasteiger partial charge in [0.1, 0.15) is 11.9 Å². The van der Waals surface area contributed by atoms with Crippen molar-refractivity contribution in [1.29, 1.82) is 5.26 Å². The van der Waals surface area contributed by atoms with Gasteiger partial charge in [0.25, 0.3) is 5.91 Å². The molecule has 8 nitrogen and oxygen atoms in total. The molecule has 0 spiro atoms. The standard InChI is InChI=1S/C22H22FN5O3/c1-14-17(7-5-15(11-24)20(14)23)18-13-26-28(22(18)30)19-8-6-16(12-25-19)21(29)27(2)9-4-10-31-3/h5-8,12-13,30H,4,9-10H2,1-3H3. The van der Waals surface area contributed by atoms with Gasteiger partial charge < -0.3 is 14.7 Å². The van der Waals surface area contributed by atoms with Crippen molar-refractivity contribution >= 4 is 5.91 Å². The number of ether oxygens (including phenoxy) is 1. The van der Waals surface area contributed by atoms with Crippen LogP contribution in [0.5, 0.6) is 5.88 Å². The topological polar surface area (TPSA) is 104 Å². The van der Waals surface area contributed by atoms with Crippen molar-refractivity contribution in [2.24, 2.45) is 0 Å². The van der Waals surface area contributed by atoms with Crippen molar-refractivity contribution in [2.75, 3.05) is 27.3 Å². The number of aromatic hydroxyl groups is 1. The second-order valence-corrected chi connectivity index (χ2v) is 6.98. The summed E-state index contributed by atoms with van der Waals surface area (Å²) in [7, 11) is 3.32. The number of nitrogens with zero attached hydrogens (tertiary/aromatic N) is 5. The first-order valence-electron chi connectivity index (χ1n) is 9.56. The molecule has 1 N–H and O–H groups in total. The fraction of sp³-hybridized carbons (Fsp3) is 0.273. The monoisotopic (exact) mass is 423 g/mol. The number of rotatable bonds is 7. The van der Waals surface area contributed by atoms with Crippen LogP contribution in [0.2, 0.25) is 0 Å². The lowest BCUT2D eigenvalue weighted by atomic mass is 10.00. The first-order valence-corrected chi connectivity index (χ1v) is 9.56. The molecule has 3 rings (SSSR count). The summed E-state index contributed by atoms with van der Waals surface area (Å²) in [5.41, 5.74) is 1.30. The molecule has 31 heavy (non-hydrogen) atoms. The van der Waals surface area contributed by atoms with Crippen molar-refractivity contribution in [2.45, 2.75) is 13.3 Å². The van der Waals surface area contributed by atoms with E-state index in [0.29, 0.717) is 35.7 Å². The summed E-state index contributed by atoms with van der Waals surface area (Å²) in [6.07, 6.45) is 3.54. The molecule has 160 valence electrons. The largest absolute Gasteiger partial charge is 0.493 e. The third kappa shape index (κ3) is 4.39. The molecule has 0 aliphatic carbocycles. The van der Waals surface area contributed by atoms with E-state index in [9.17, 15) is 14.3 Å². The van der Waals surface area contributed by atoms with Crippen LogP contribution in [-0.2, 0) is 4.74 Å². The van der Waals surface area contributed by atoms with E-state index in [1.54, 1.807) is 43.3 Å². The Morgan fingerprint density at radius 1 is 1.29 bits per heavy atom. The van der Waals surface area contributed by atoms with Gasteiger partial charge in [0, 0.05) is 33.5 Å². The summed E-state index contributed by atoms with van der Waals surface area (Å²) in [5.74, 6) is -0.739. The van der Waals surface area contributed by atoms with Gasteiger partial charge in [0.05, 0.1) is 22.9 Å². The molecule has 0 saturated heterocycles. The molecule has 0 unspecified atom stereocenters. The average molecular weight is 423 g/mol. The van der Waals surface area contributed by atoms with Gasteiger partial charge in [0.15, 0.2) is 5.82 Å². The number of hydrogen-bond acceptors (Lipinski definition) is 6. The summed E-state index contributed by atoms with van der Waals surface area (Å²) in [6.45, 7) is 2.65. The van der Waals surface area contributed by atoms with Crippen molar-refractivity contribution in [3.63, 3.8) is 0 Å². The Bertz CT molecular complexity index is 1140. The van der Waals surface area contributed by atoms with Gasteiger partial charge in [0.2, 0.25) is 5.88 Å². The smallest absolute Gasteiger partial charge is 0.255 e. The van der Waals surface area contributed by atoms with Crippen LogP contribution >= 0.6 is 0 Å². The van der Waals surface area contributed by atoms with E-state index in [1.807, 2.05) is 0 Å².